The molecule has 82 valence electrons. The summed E-state index contributed by atoms with van der Waals surface area (Å²) in [7, 11) is 0. The molecule has 0 aromatic heterocycles. The van der Waals surface area contributed by atoms with Gasteiger partial charge in [0, 0.05) is 11.0 Å². The Morgan fingerprint density at radius 3 is 2.81 bits per heavy atom. The van der Waals surface area contributed by atoms with Gasteiger partial charge in [-0.2, -0.15) is 0 Å². The third kappa shape index (κ3) is 2.33. The number of esters is 1. The van der Waals surface area contributed by atoms with Gasteiger partial charge in [0.2, 0.25) is 5.90 Å². The van der Waals surface area contributed by atoms with Crippen molar-refractivity contribution in [3.8, 4) is 0 Å². The number of ether oxygens (including phenoxy) is 1. The van der Waals surface area contributed by atoms with Crippen molar-refractivity contribution in [2.24, 2.45) is 4.99 Å². The molecule has 0 unspecified atom stereocenters. The topological polar surface area (TPSA) is 38.7 Å². The molecule has 0 aliphatic carbocycles. The van der Waals surface area contributed by atoms with Crippen LogP contribution in [0, 0.1) is 0 Å². The van der Waals surface area contributed by atoms with Crippen molar-refractivity contribution in [3.05, 3.63) is 47.0 Å². The Balaban J connectivity index is 2.23. The highest BCUT2D eigenvalue weighted by Gasteiger charge is 2.23. The second-order valence-corrected chi connectivity index (χ2v) is 4.28. The highest BCUT2D eigenvalue weighted by atomic mass is 32.2. The quantitative estimate of drug-likeness (QED) is 0.595. The monoisotopic (exact) mass is 233 g/mol. The number of hydrogen-bond acceptors (Lipinski definition) is 4. The number of hydrogen-bond donors (Lipinski definition) is 0. The van der Waals surface area contributed by atoms with E-state index in [1.165, 1.54) is 11.8 Å². The number of thioether (sulfide) groups is 1. The van der Waals surface area contributed by atoms with Crippen LogP contribution in [-0.4, -0.2) is 17.6 Å². The van der Waals surface area contributed by atoms with Crippen molar-refractivity contribution in [2.75, 3.05) is 5.75 Å². The molecule has 0 N–H and O–H groups in total. The molecule has 1 aromatic rings. The van der Waals surface area contributed by atoms with Gasteiger partial charge in [0.15, 0.2) is 5.70 Å². The van der Waals surface area contributed by atoms with Crippen molar-refractivity contribution in [1.29, 1.82) is 0 Å². The average Bonchev–Trinajstić information content (AvgIpc) is 2.69. The SMILES string of the molecule is CCS/C=C1\N=C(c2ccccc2)OC1=O. The first kappa shape index (κ1) is 11.0. The lowest BCUT2D eigenvalue weighted by molar-refractivity contribution is -0.130. The summed E-state index contributed by atoms with van der Waals surface area (Å²) in [5.74, 6) is 0.917. The Morgan fingerprint density at radius 2 is 2.12 bits per heavy atom. The van der Waals surface area contributed by atoms with E-state index in [4.69, 9.17) is 4.74 Å². The van der Waals surface area contributed by atoms with Crippen molar-refractivity contribution in [3.63, 3.8) is 0 Å². The minimum Gasteiger partial charge on any atom is -0.402 e. The fourth-order valence-electron chi connectivity index (χ4n) is 1.26. The van der Waals surface area contributed by atoms with Gasteiger partial charge in [0.1, 0.15) is 0 Å². The Labute approximate surface area is 98.2 Å². The van der Waals surface area contributed by atoms with Crippen LogP contribution in [-0.2, 0) is 9.53 Å². The smallest absolute Gasteiger partial charge is 0.364 e. The van der Waals surface area contributed by atoms with Gasteiger partial charge in [-0.1, -0.05) is 25.1 Å². The fraction of sp³-hybridized carbons (Fsp3) is 0.167. The number of rotatable bonds is 3. The second-order valence-electron chi connectivity index (χ2n) is 3.13. The number of nitrogens with zero attached hydrogens (tertiary/aromatic N) is 1. The zero-order chi connectivity index (χ0) is 11.4. The van der Waals surface area contributed by atoms with Crippen LogP contribution in [0.15, 0.2) is 46.4 Å². The molecule has 2 rings (SSSR count). The molecule has 0 saturated heterocycles. The molecule has 1 aliphatic heterocycles. The zero-order valence-corrected chi connectivity index (χ0v) is 9.66. The molecule has 0 saturated carbocycles. The highest BCUT2D eigenvalue weighted by molar-refractivity contribution is 8.02. The predicted octanol–water partition coefficient (Wildman–Crippen LogP) is 2.58. The van der Waals surface area contributed by atoms with E-state index in [1.807, 2.05) is 37.3 Å². The molecule has 1 aromatic carbocycles. The third-order valence-corrected chi connectivity index (χ3v) is 2.73. The van der Waals surface area contributed by atoms with E-state index in [2.05, 4.69) is 4.99 Å². The normalized spacial score (nSPS) is 17.4. The molecule has 0 radical (unpaired) electrons. The van der Waals surface area contributed by atoms with E-state index in [1.54, 1.807) is 5.41 Å². The number of carbonyl (C=O) groups excluding carboxylic acids is 1. The average molecular weight is 233 g/mol. The minimum absolute atomic E-state index is 0.375. The molecule has 3 nitrogen and oxygen atoms in total. The van der Waals surface area contributed by atoms with Gasteiger partial charge in [0.05, 0.1) is 0 Å². The van der Waals surface area contributed by atoms with Gasteiger partial charge in [-0.05, 0) is 17.9 Å². The maximum atomic E-state index is 11.4. The van der Waals surface area contributed by atoms with Gasteiger partial charge in [-0.25, -0.2) is 9.79 Å². The molecular formula is C12H11NO2S. The first-order valence-corrected chi connectivity index (χ1v) is 6.04. The lowest BCUT2D eigenvalue weighted by Crippen LogP contribution is -2.04. The first-order chi connectivity index (χ1) is 7.81. The van der Waals surface area contributed by atoms with E-state index in [0.717, 1.165) is 11.3 Å². The van der Waals surface area contributed by atoms with Crippen molar-refractivity contribution in [1.82, 2.24) is 0 Å². The summed E-state index contributed by atoms with van der Waals surface area (Å²) in [5.41, 5.74) is 1.20. The van der Waals surface area contributed by atoms with Gasteiger partial charge in [-0.3, -0.25) is 0 Å². The molecule has 0 atom stereocenters. The van der Waals surface area contributed by atoms with Crippen LogP contribution in [0.3, 0.4) is 0 Å². The van der Waals surface area contributed by atoms with Crippen molar-refractivity contribution >= 4 is 23.6 Å². The summed E-state index contributed by atoms with van der Waals surface area (Å²) in [6, 6.07) is 9.40. The van der Waals surface area contributed by atoms with Crippen LogP contribution >= 0.6 is 11.8 Å². The predicted molar refractivity (Wildman–Crippen MR) is 65.3 cm³/mol. The van der Waals surface area contributed by atoms with E-state index in [9.17, 15) is 4.79 Å². The summed E-state index contributed by atoms with van der Waals surface area (Å²) in [6.07, 6.45) is 0. The third-order valence-electron chi connectivity index (χ3n) is 2.00. The van der Waals surface area contributed by atoms with E-state index in [-0.39, 0.29) is 5.97 Å². The summed E-state index contributed by atoms with van der Waals surface area (Å²) in [4.78, 5) is 15.6. The minimum atomic E-state index is -0.375. The van der Waals surface area contributed by atoms with E-state index < -0.39 is 0 Å². The summed E-state index contributed by atoms with van der Waals surface area (Å²) < 4.78 is 5.09. The Morgan fingerprint density at radius 1 is 1.38 bits per heavy atom. The molecule has 0 spiro atoms. The molecule has 0 bridgehead atoms. The van der Waals surface area contributed by atoms with Gasteiger partial charge < -0.3 is 4.74 Å². The Kier molecular flexibility index (Phi) is 3.41. The number of carbonyl (C=O) groups is 1. The largest absolute Gasteiger partial charge is 0.402 e. The van der Waals surface area contributed by atoms with Crippen molar-refractivity contribution in [2.45, 2.75) is 6.92 Å². The van der Waals surface area contributed by atoms with E-state index in [0.29, 0.717) is 11.6 Å². The maximum absolute atomic E-state index is 11.4. The fourth-order valence-corrected chi connectivity index (χ4v) is 1.73. The number of aliphatic imine (C=N–C) groups is 1. The van der Waals surface area contributed by atoms with Crippen LogP contribution in [0.5, 0.6) is 0 Å². The van der Waals surface area contributed by atoms with Gasteiger partial charge in [0.25, 0.3) is 0 Å². The molecule has 0 amide bonds. The van der Waals surface area contributed by atoms with Crippen LogP contribution in [0.1, 0.15) is 12.5 Å². The van der Waals surface area contributed by atoms with Gasteiger partial charge >= 0.3 is 5.97 Å². The summed E-state index contributed by atoms with van der Waals surface area (Å²) in [5, 5.41) is 1.73. The molecule has 1 heterocycles. The molecule has 4 heteroatoms. The standard InChI is InChI=1S/C12H11NO2S/c1-2-16-8-10-12(14)15-11(13-10)9-6-4-3-5-7-9/h3-8H,2H2,1H3/b10-8-. The number of cyclic esters (lactones) is 1. The highest BCUT2D eigenvalue weighted by Crippen LogP contribution is 2.18. The van der Waals surface area contributed by atoms with Gasteiger partial charge in [-0.15, -0.1) is 11.8 Å². The lowest BCUT2D eigenvalue weighted by Gasteiger charge is -1.97. The second kappa shape index (κ2) is 4.99. The van der Waals surface area contributed by atoms with Crippen LogP contribution in [0.4, 0.5) is 0 Å². The Hall–Kier alpha value is -1.55. The molecule has 16 heavy (non-hydrogen) atoms. The lowest BCUT2D eigenvalue weighted by atomic mass is 10.2. The van der Waals surface area contributed by atoms with Crippen LogP contribution in [0.25, 0.3) is 0 Å². The molecule has 0 fully saturated rings. The Bertz CT molecular complexity index is 451. The molecular weight excluding hydrogens is 222 g/mol. The first-order valence-electron chi connectivity index (χ1n) is 4.99. The van der Waals surface area contributed by atoms with E-state index >= 15 is 0 Å². The zero-order valence-electron chi connectivity index (χ0n) is 8.84. The van der Waals surface area contributed by atoms with Crippen LogP contribution < -0.4 is 0 Å². The maximum Gasteiger partial charge on any atom is 0.364 e. The summed E-state index contributed by atoms with van der Waals surface area (Å²) >= 11 is 1.54. The van der Waals surface area contributed by atoms with Crippen LogP contribution in [0.2, 0.25) is 0 Å². The molecule has 1 aliphatic rings. The van der Waals surface area contributed by atoms with Crippen molar-refractivity contribution < 1.29 is 9.53 Å². The summed E-state index contributed by atoms with van der Waals surface area (Å²) in [6.45, 7) is 2.02. The number of benzene rings is 1.